The van der Waals surface area contributed by atoms with Crippen LogP contribution in [0.25, 0.3) is 5.82 Å². The van der Waals surface area contributed by atoms with E-state index >= 15 is 0 Å². The largest absolute Gasteiger partial charge is 0.340 e. The zero-order valence-electron chi connectivity index (χ0n) is 23.9. The molecule has 11 nitrogen and oxygen atoms in total. The summed E-state index contributed by atoms with van der Waals surface area (Å²) in [5.74, 6) is 1.64. The Kier molecular flexibility index (Phi) is 7.95. The number of carbonyl (C=O) groups excluding carboxylic acids is 1. The van der Waals surface area contributed by atoms with Crippen molar-refractivity contribution in [1.29, 1.82) is 0 Å². The Bertz CT molecular complexity index is 1540. The van der Waals surface area contributed by atoms with Crippen LogP contribution < -0.4 is 16.1 Å². The average molecular weight is 559 g/mol. The summed E-state index contributed by atoms with van der Waals surface area (Å²) in [6.07, 6.45) is 4.47. The highest BCUT2D eigenvalue weighted by Gasteiger charge is 2.20. The first-order valence-electron chi connectivity index (χ1n) is 13.5. The molecule has 214 valence electrons. The van der Waals surface area contributed by atoms with Crippen LogP contribution in [-0.2, 0) is 5.67 Å². The van der Waals surface area contributed by atoms with Gasteiger partial charge in [0.1, 0.15) is 23.6 Å². The number of nitrogens with one attached hydrogen (secondary N) is 3. The Morgan fingerprint density at radius 2 is 1.78 bits per heavy atom. The SMILES string of the molecule is Cc1cc(Nc2cc(C(=O)Nc3cncc(C(C)(C)F)c3)ccc2C)n(-c2cc(NN3CCN(C)CC3)ncn2)n1. The number of pyridine rings is 1. The van der Waals surface area contributed by atoms with Crippen LogP contribution in [-0.4, -0.2) is 73.8 Å². The van der Waals surface area contributed by atoms with E-state index in [4.69, 9.17) is 0 Å². The number of benzene rings is 1. The van der Waals surface area contributed by atoms with Gasteiger partial charge in [-0.3, -0.25) is 9.78 Å². The molecule has 41 heavy (non-hydrogen) atoms. The molecule has 0 bridgehead atoms. The highest BCUT2D eigenvalue weighted by molar-refractivity contribution is 6.05. The van der Waals surface area contributed by atoms with Gasteiger partial charge in [0.05, 0.1) is 17.6 Å². The van der Waals surface area contributed by atoms with Crippen LogP contribution in [0.3, 0.4) is 0 Å². The second-order valence-electron chi connectivity index (χ2n) is 10.8. The van der Waals surface area contributed by atoms with Gasteiger partial charge in [-0.05, 0) is 58.5 Å². The van der Waals surface area contributed by atoms with E-state index in [1.54, 1.807) is 22.9 Å². The van der Waals surface area contributed by atoms with Crippen molar-refractivity contribution in [3.05, 3.63) is 77.5 Å². The summed E-state index contributed by atoms with van der Waals surface area (Å²) < 4.78 is 16.1. The lowest BCUT2D eigenvalue weighted by molar-refractivity contribution is 0.102. The molecule has 1 fully saturated rings. The maximum absolute atomic E-state index is 14.4. The first-order chi connectivity index (χ1) is 19.5. The van der Waals surface area contributed by atoms with E-state index in [0.717, 1.165) is 43.1 Å². The molecule has 0 atom stereocenters. The van der Waals surface area contributed by atoms with Crippen LogP contribution in [0.15, 0.2) is 55.1 Å². The minimum atomic E-state index is -1.57. The summed E-state index contributed by atoms with van der Waals surface area (Å²) in [5, 5.41) is 13.0. The molecule has 4 heterocycles. The number of piperazine rings is 1. The van der Waals surface area contributed by atoms with E-state index in [1.165, 1.54) is 32.6 Å². The van der Waals surface area contributed by atoms with Crippen LogP contribution >= 0.6 is 0 Å². The molecule has 0 saturated carbocycles. The van der Waals surface area contributed by atoms with Crippen molar-refractivity contribution in [2.45, 2.75) is 33.4 Å². The normalized spacial score (nSPS) is 14.6. The average Bonchev–Trinajstić information content (AvgIpc) is 3.31. The third-order valence-corrected chi connectivity index (χ3v) is 6.92. The van der Waals surface area contributed by atoms with Gasteiger partial charge in [0.2, 0.25) is 0 Å². The van der Waals surface area contributed by atoms with Crippen LogP contribution in [0.1, 0.15) is 41.0 Å². The summed E-state index contributed by atoms with van der Waals surface area (Å²) in [6.45, 7) is 10.5. The molecule has 1 aromatic carbocycles. The Balaban J connectivity index is 1.35. The summed E-state index contributed by atoms with van der Waals surface area (Å²) >= 11 is 0. The zero-order chi connectivity index (χ0) is 29.1. The molecule has 1 aliphatic heterocycles. The smallest absolute Gasteiger partial charge is 0.255 e. The number of anilines is 4. The Labute approximate surface area is 238 Å². The van der Waals surface area contributed by atoms with Gasteiger partial charge < -0.3 is 21.0 Å². The van der Waals surface area contributed by atoms with Crippen molar-refractivity contribution >= 4 is 28.9 Å². The maximum atomic E-state index is 14.4. The summed E-state index contributed by atoms with van der Waals surface area (Å²) in [4.78, 5) is 28.3. The molecule has 1 aliphatic rings. The van der Waals surface area contributed by atoms with Crippen molar-refractivity contribution in [3.8, 4) is 5.82 Å². The second-order valence-corrected chi connectivity index (χ2v) is 10.8. The summed E-state index contributed by atoms with van der Waals surface area (Å²) in [7, 11) is 2.11. The number of rotatable bonds is 8. The van der Waals surface area contributed by atoms with Gasteiger partial charge >= 0.3 is 0 Å². The lowest BCUT2D eigenvalue weighted by Gasteiger charge is -2.32. The lowest BCUT2D eigenvalue weighted by Crippen LogP contribution is -2.47. The van der Waals surface area contributed by atoms with Crippen LogP contribution in [0, 0.1) is 13.8 Å². The van der Waals surface area contributed by atoms with Gasteiger partial charge in [-0.2, -0.15) is 9.78 Å². The standard InChI is InChI=1S/C29H35FN10O/c1-19-6-7-21(28(41)34-23-14-22(16-31-17-23)29(3,4)30)13-24(19)35-27-12-20(2)36-40(27)26-15-25(32-18-33-26)37-39-10-8-38(5)9-11-39/h6-7,12-18,35H,8-11H2,1-5H3,(H,34,41)(H,32,33,37). The maximum Gasteiger partial charge on any atom is 0.255 e. The van der Waals surface area contributed by atoms with E-state index in [2.05, 4.69) is 53.1 Å². The monoisotopic (exact) mass is 558 g/mol. The summed E-state index contributed by atoms with van der Waals surface area (Å²) in [5.41, 5.74) is 5.53. The van der Waals surface area contributed by atoms with Gasteiger partial charge in [-0.1, -0.05) is 6.07 Å². The van der Waals surface area contributed by atoms with Crippen molar-refractivity contribution in [3.63, 3.8) is 0 Å². The van der Waals surface area contributed by atoms with Gasteiger partial charge in [0.25, 0.3) is 5.91 Å². The Morgan fingerprint density at radius 1 is 1.00 bits per heavy atom. The summed E-state index contributed by atoms with van der Waals surface area (Å²) in [6, 6.07) is 10.7. The van der Waals surface area contributed by atoms with Gasteiger partial charge in [-0.25, -0.2) is 19.4 Å². The Morgan fingerprint density at radius 3 is 2.54 bits per heavy atom. The van der Waals surface area contributed by atoms with Crippen LogP contribution in [0.4, 0.5) is 27.4 Å². The Hall–Kier alpha value is -4.42. The molecule has 1 amide bonds. The number of likely N-dealkylation sites (N-methyl/N-ethyl adjacent to an activating group) is 1. The molecular formula is C29H35FN10O. The van der Waals surface area contributed by atoms with E-state index in [1.807, 2.05) is 32.0 Å². The van der Waals surface area contributed by atoms with Crippen molar-refractivity contribution in [2.24, 2.45) is 0 Å². The number of amides is 1. The van der Waals surface area contributed by atoms with Crippen molar-refractivity contribution < 1.29 is 9.18 Å². The molecule has 0 unspecified atom stereocenters. The number of carbonyl (C=O) groups is 1. The fourth-order valence-corrected chi connectivity index (χ4v) is 4.44. The van der Waals surface area contributed by atoms with Crippen LogP contribution in [0.2, 0.25) is 0 Å². The molecule has 5 rings (SSSR count). The molecule has 4 aromatic rings. The first-order valence-corrected chi connectivity index (χ1v) is 13.5. The molecule has 12 heteroatoms. The highest BCUT2D eigenvalue weighted by Crippen LogP contribution is 2.27. The predicted molar refractivity (Wildman–Crippen MR) is 157 cm³/mol. The number of hydrazine groups is 1. The number of alkyl halides is 1. The van der Waals surface area contributed by atoms with Crippen LogP contribution in [0.5, 0.6) is 0 Å². The molecule has 0 radical (unpaired) electrons. The number of hydrogen-bond donors (Lipinski definition) is 3. The number of aromatic nitrogens is 5. The van der Waals surface area contributed by atoms with E-state index in [9.17, 15) is 9.18 Å². The predicted octanol–water partition coefficient (Wildman–Crippen LogP) is 4.45. The fourth-order valence-electron chi connectivity index (χ4n) is 4.44. The number of aryl methyl sites for hydroxylation is 2. The second kappa shape index (κ2) is 11.6. The van der Waals surface area contributed by atoms with Crippen molar-refractivity contribution in [1.82, 2.24) is 34.6 Å². The van der Waals surface area contributed by atoms with E-state index < -0.39 is 5.67 Å². The number of halogens is 1. The highest BCUT2D eigenvalue weighted by atomic mass is 19.1. The quantitative estimate of drug-likeness (QED) is 0.288. The number of nitrogens with zero attached hydrogens (tertiary/aromatic N) is 7. The molecule has 0 aliphatic carbocycles. The molecule has 3 N–H and O–H groups in total. The number of hydrogen-bond acceptors (Lipinski definition) is 9. The lowest BCUT2D eigenvalue weighted by atomic mass is 10.0. The van der Waals surface area contributed by atoms with E-state index in [0.29, 0.717) is 34.3 Å². The zero-order valence-corrected chi connectivity index (χ0v) is 23.9. The topological polar surface area (TPSA) is 116 Å². The molecule has 0 spiro atoms. The minimum Gasteiger partial charge on any atom is -0.340 e. The molecule has 3 aromatic heterocycles. The van der Waals surface area contributed by atoms with E-state index in [-0.39, 0.29) is 5.91 Å². The minimum absolute atomic E-state index is 0.330. The van der Waals surface area contributed by atoms with Gasteiger partial charge in [0.15, 0.2) is 5.82 Å². The third-order valence-electron chi connectivity index (χ3n) is 6.92. The third kappa shape index (κ3) is 6.84. The van der Waals surface area contributed by atoms with Gasteiger partial charge in [0, 0.05) is 61.3 Å². The van der Waals surface area contributed by atoms with Crippen molar-refractivity contribution in [2.75, 3.05) is 49.3 Å². The first kappa shape index (κ1) is 28.1. The van der Waals surface area contributed by atoms with Gasteiger partial charge in [-0.15, -0.1) is 0 Å². The fraction of sp³-hybridized carbons (Fsp3) is 0.345. The molecule has 1 saturated heterocycles. The molecular weight excluding hydrogens is 523 g/mol.